The van der Waals surface area contributed by atoms with E-state index in [4.69, 9.17) is 29.4 Å². The molecule has 1 N–H and O–H groups in total. The molecule has 0 unspecified atom stereocenters. The summed E-state index contributed by atoms with van der Waals surface area (Å²) >= 11 is 0. The van der Waals surface area contributed by atoms with Crippen molar-refractivity contribution in [2.24, 2.45) is 0 Å². The number of fused-ring (bicyclic) bond motifs is 2. The minimum absolute atomic E-state index is 0.711. The molecule has 9 nitrogen and oxygen atoms in total. The zero-order chi connectivity index (χ0) is 33.9. The summed E-state index contributed by atoms with van der Waals surface area (Å²) in [6, 6.07) is 21.6. The lowest BCUT2D eigenvalue weighted by Crippen LogP contribution is -2.35. The second-order valence-corrected chi connectivity index (χ2v) is 13.4. The van der Waals surface area contributed by atoms with Crippen LogP contribution in [0.3, 0.4) is 0 Å². The number of hydrogen-bond acceptors (Lipinski definition) is 9. The minimum atomic E-state index is 0.711. The van der Waals surface area contributed by atoms with E-state index in [1.54, 1.807) is 0 Å². The fourth-order valence-corrected chi connectivity index (χ4v) is 7.24. The first kappa shape index (κ1) is 32.4. The number of morpholine rings is 2. The van der Waals surface area contributed by atoms with E-state index in [-0.39, 0.29) is 0 Å². The Labute approximate surface area is 293 Å². The zero-order valence-corrected chi connectivity index (χ0v) is 28.9. The van der Waals surface area contributed by atoms with E-state index in [9.17, 15) is 0 Å². The molecule has 6 aromatic rings. The van der Waals surface area contributed by atoms with Crippen molar-refractivity contribution >= 4 is 33.3 Å². The van der Waals surface area contributed by atoms with Gasteiger partial charge in [-0.2, -0.15) is 0 Å². The fraction of sp³-hybridized carbons (Fsp3) is 0.317. The summed E-state index contributed by atoms with van der Waals surface area (Å²) in [7, 11) is 0. The van der Waals surface area contributed by atoms with Crippen LogP contribution in [0.1, 0.15) is 33.5 Å². The van der Waals surface area contributed by atoms with Gasteiger partial charge in [0, 0.05) is 86.9 Å². The van der Waals surface area contributed by atoms with Gasteiger partial charge in [-0.3, -0.25) is 24.8 Å². The maximum atomic E-state index is 5.52. The average molecular weight is 666 g/mol. The highest BCUT2D eigenvalue weighted by Gasteiger charge is 2.17. The van der Waals surface area contributed by atoms with Gasteiger partial charge in [0.25, 0.3) is 0 Å². The SMILES string of the molecule is Cc1c(Cc2nccc3cc(CN4CCOCC4)cnc23)cccc1-c1cccc(Nc2nccc3cc(CN4CCOCC4)cnc23)c1C. The molecule has 0 saturated carbocycles. The van der Waals surface area contributed by atoms with Gasteiger partial charge in [-0.05, 0) is 83.1 Å². The zero-order valence-electron chi connectivity index (χ0n) is 28.9. The van der Waals surface area contributed by atoms with Crippen LogP contribution in [0.4, 0.5) is 11.5 Å². The topological polar surface area (TPSA) is 88.5 Å². The average Bonchev–Trinajstić information content (AvgIpc) is 3.14. The maximum absolute atomic E-state index is 5.52. The molecular weight excluding hydrogens is 622 g/mol. The van der Waals surface area contributed by atoms with Gasteiger partial charge in [-0.15, -0.1) is 0 Å². The summed E-state index contributed by atoms with van der Waals surface area (Å²) in [5.74, 6) is 0.758. The fourth-order valence-electron chi connectivity index (χ4n) is 7.24. The van der Waals surface area contributed by atoms with Crippen LogP contribution < -0.4 is 5.32 Å². The highest BCUT2D eigenvalue weighted by atomic mass is 16.5. The number of anilines is 2. The number of nitrogens with zero attached hydrogens (tertiary/aromatic N) is 6. The standard InChI is InChI=1S/C41H43N7O2/c1-28-32(23-38-39-33(9-11-42-38)21-30(24-44-39)26-47-13-17-49-18-14-47)5-3-6-35(28)36-7-4-8-37(29(36)2)46-41-40-34(10-12-43-41)22-31(25-45-40)27-48-15-19-50-20-16-48/h3-12,21-22,24-25H,13-20,23,26-27H2,1-2H3,(H,43,46). The van der Waals surface area contributed by atoms with Gasteiger partial charge in [0.2, 0.25) is 0 Å². The van der Waals surface area contributed by atoms with E-state index in [0.29, 0.717) is 6.42 Å². The van der Waals surface area contributed by atoms with Crippen LogP contribution in [0.25, 0.3) is 32.9 Å². The summed E-state index contributed by atoms with van der Waals surface area (Å²) in [5.41, 5.74) is 12.3. The Balaban J connectivity index is 1.03. The molecule has 2 aliphatic heterocycles. The Morgan fingerprint density at radius 1 is 0.640 bits per heavy atom. The lowest BCUT2D eigenvalue weighted by atomic mass is 9.91. The van der Waals surface area contributed by atoms with E-state index in [0.717, 1.165) is 110 Å². The van der Waals surface area contributed by atoms with Crippen LogP contribution in [-0.4, -0.2) is 82.3 Å². The Morgan fingerprint density at radius 2 is 1.22 bits per heavy atom. The molecule has 6 heterocycles. The van der Waals surface area contributed by atoms with Gasteiger partial charge in [-0.25, -0.2) is 4.98 Å². The van der Waals surface area contributed by atoms with Crippen molar-refractivity contribution in [1.82, 2.24) is 29.7 Å². The number of pyridine rings is 4. The third kappa shape index (κ3) is 6.95. The number of rotatable bonds is 9. The van der Waals surface area contributed by atoms with E-state index < -0.39 is 0 Å². The van der Waals surface area contributed by atoms with Gasteiger partial charge in [0.1, 0.15) is 5.52 Å². The lowest BCUT2D eigenvalue weighted by Gasteiger charge is -2.26. The smallest absolute Gasteiger partial charge is 0.156 e. The molecule has 0 spiro atoms. The first-order chi connectivity index (χ1) is 24.6. The van der Waals surface area contributed by atoms with Gasteiger partial charge in [0.05, 0.1) is 37.6 Å². The molecule has 0 amide bonds. The molecule has 0 atom stereocenters. The molecule has 0 aliphatic carbocycles. The van der Waals surface area contributed by atoms with Crippen molar-refractivity contribution in [2.75, 3.05) is 57.9 Å². The predicted molar refractivity (Wildman–Crippen MR) is 199 cm³/mol. The van der Waals surface area contributed by atoms with Gasteiger partial charge < -0.3 is 14.8 Å². The quantitative estimate of drug-likeness (QED) is 0.178. The molecule has 50 heavy (non-hydrogen) atoms. The number of ether oxygens (including phenoxy) is 2. The van der Waals surface area contributed by atoms with Crippen LogP contribution in [-0.2, 0) is 29.0 Å². The summed E-state index contributed by atoms with van der Waals surface area (Å²) in [4.78, 5) is 24.2. The molecule has 2 aromatic carbocycles. The third-order valence-electron chi connectivity index (χ3n) is 10.1. The second kappa shape index (κ2) is 14.6. The summed E-state index contributed by atoms with van der Waals surface area (Å²) in [6.45, 7) is 13.1. The van der Waals surface area contributed by atoms with Gasteiger partial charge >= 0.3 is 0 Å². The van der Waals surface area contributed by atoms with Gasteiger partial charge in [0.15, 0.2) is 5.82 Å². The van der Waals surface area contributed by atoms with Crippen LogP contribution >= 0.6 is 0 Å². The Morgan fingerprint density at radius 3 is 1.90 bits per heavy atom. The first-order valence-electron chi connectivity index (χ1n) is 17.6. The van der Waals surface area contributed by atoms with Crippen LogP contribution in [0.15, 0.2) is 85.5 Å². The lowest BCUT2D eigenvalue weighted by molar-refractivity contribution is 0.0341. The molecule has 9 heteroatoms. The predicted octanol–water partition coefficient (Wildman–Crippen LogP) is 6.86. The molecule has 2 fully saturated rings. The number of nitrogens with one attached hydrogen (secondary N) is 1. The normalized spacial score (nSPS) is 15.9. The van der Waals surface area contributed by atoms with Crippen LogP contribution in [0.5, 0.6) is 0 Å². The number of hydrogen-bond donors (Lipinski definition) is 1. The van der Waals surface area contributed by atoms with E-state index in [2.05, 4.69) is 83.6 Å². The summed E-state index contributed by atoms with van der Waals surface area (Å²) in [5, 5.41) is 5.83. The Kier molecular flexibility index (Phi) is 9.45. The third-order valence-corrected chi connectivity index (χ3v) is 10.1. The largest absolute Gasteiger partial charge is 0.379 e. The molecular formula is C41H43N7O2. The van der Waals surface area contributed by atoms with Crippen molar-refractivity contribution in [2.45, 2.75) is 33.4 Å². The second-order valence-electron chi connectivity index (χ2n) is 13.4. The van der Waals surface area contributed by atoms with Crippen LogP contribution in [0.2, 0.25) is 0 Å². The minimum Gasteiger partial charge on any atom is -0.379 e. The van der Waals surface area contributed by atoms with Gasteiger partial charge in [-0.1, -0.05) is 30.3 Å². The summed E-state index contributed by atoms with van der Waals surface area (Å²) < 4.78 is 11.0. The Bertz CT molecular complexity index is 1990. The molecule has 2 saturated heterocycles. The van der Waals surface area contributed by atoms with Crippen molar-refractivity contribution in [3.63, 3.8) is 0 Å². The van der Waals surface area contributed by atoms with E-state index >= 15 is 0 Å². The van der Waals surface area contributed by atoms with Crippen molar-refractivity contribution in [3.8, 4) is 11.1 Å². The van der Waals surface area contributed by atoms with Crippen LogP contribution in [0, 0.1) is 13.8 Å². The summed E-state index contributed by atoms with van der Waals surface area (Å²) in [6.07, 6.45) is 8.48. The monoisotopic (exact) mass is 665 g/mol. The first-order valence-corrected chi connectivity index (χ1v) is 17.6. The number of aromatic nitrogens is 4. The van der Waals surface area contributed by atoms with Crippen molar-refractivity contribution < 1.29 is 9.47 Å². The highest BCUT2D eigenvalue weighted by molar-refractivity contribution is 5.91. The van der Waals surface area contributed by atoms with Crippen molar-refractivity contribution in [1.29, 1.82) is 0 Å². The number of benzene rings is 2. The van der Waals surface area contributed by atoms with E-state index in [1.807, 2.05) is 30.9 Å². The maximum Gasteiger partial charge on any atom is 0.156 e. The molecule has 254 valence electrons. The molecule has 0 radical (unpaired) electrons. The van der Waals surface area contributed by atoms with E-state index in [1.165, 1.54) is 33.4 Å². The Hall–Kier alpha value is -4.80. The highest BCUT2D eigenvalue weighted by Crippen LogP contribution is 2.35. The molecule has 8 rings (SSSR count). The van der Waals surface area contributed by atoms with Crippen molar-refractivity contribution in [3.05, 3.63) is 119 Å². The molecule has 2 aliphatic rings. The molecule has 0 bridgehead atoms. The molecule has 4 aromatic heterocycles.